The molecule has 1 atom stereocenters. The van der Waals surface area contributed by atoms with Gasteiger partial charge in [0.2, 0.25) is 0 Å². The summed E-state index contributed by atoms with van der Waals surface area (Å²) < 4.78 is 6.07. The van der Waals surface area contributed by atoms with Gasteiger partial charge in [-0.2, -0.15) is 0 Å². The molecule has 20 heavy (non-hydrogen) atoms. The molecule has 0 saturated heterocycles. The summed E-state index contributed by atoms with van der Waals surface area (Å²) in [5.41, 5.74) is 2.41. The predicted octanol–water partition coefficient (Wildman–Crippen LogP) is 3.23. The summed E-state index contributed by atoms with van der Waals surface area (Å²) in [7, 11) is 0. The molecule has 0 spiro atoms. The van der Waals surface area contributed by atoms with Crippen LogP contribution in [0.15, 0.2) is 48.5 Å². The van der Waals surface area contributed by atoms with Gasteiger partial charge in [0.1, 0.15) is 11.4 Å². The van der Waals surface area contributed by atoms with Crippen molar-refractivity contribution < 1.29 is 14.6 Å². The second-order valence-electron chi connectivity index (χ2n) is 5.03. The maximum absolute atomic E-state index is 10.8. The van der Waals surface area contributed by atoms with Crippen LogP contribution in [-0.2, 0) is 5.60 Å². The van der Waals surface area contributed by atoms with Crippen molar-refractivity contribution in [3.8, 4) is 16.9 Å². The first-order valence-electron chi connectivity index (χ1n) is 6.45. The topological polar surface area (TPSA) is 58.6 Å². The quantitative estimate of drug-likeness (QED) is 0.880. The largest absolute Gasteiger partial charge is 0.480 e. The highest BCUT2D eigenvalue weighted by molar-refractivity contribution is 5.76. The van der Waals surface area contributed by atoms with E-state index in [2.05, 4.69) is 5.32 Å². The van der Waals surface area contributed by atoms with E-state index < -0.39 is 11.7 Å². The van der Waals surface area contributed by atoms with Crippen LogP contribution in [0.3, 0.4) is 0 Å². The van der Waals surface area contributed by atoms with E-state index in [9.17, 15) is 4.79 Å². The summed E-state index contributed by atoms with van der Waals surface area (Å²) in [6.45, 7) is 2.10. The molecule has 1 amide bonds. The first-order valence-corrected chi connectivity index (χ1v) is 6.45. The standard InChI is InChI=1S/C16H15NO3/c1-16(10-17-15(18)19)13-8-4-2-6-11(13)12-7-3-5-9-14(12)20-16/h2-9,17H,10H2,1H3,(H,18,19). The molecule has 3 rings (SSSR count). The lowest BCUT2D eigenvalue weighted by Gasteiger charge is -2.37. The van der Waals surface area contributed by atoms with Crippen LogP contribution < -0.4 is 10.1 Å². The number of hydrogen-bond acceptors (Lipinski definition) is 2. The van der Waals surface area contributed by atoms with Crippen molar-refractivity contribution in [2.24, 2.45) is 0 Å². The summed E-state index contributed by atoms with van der Waals surface area (Å²) in [6.07, 6.45) is -1.05. The molecule has 4 heteroatoms. The summed E-state index contributed by atoms with van der Waals surface area (Å²) in [5.74, 6) is 0.779. The minimum Gasteiger partial charge on any atom is -0.480 e. The highest BCUT2D eigenvalue weighted by Gasteiger charge is 2.36. The molecule has 0 bridgehead atoms. The second kappa shape index (κ2) is 4.56. The van der Waals surface area contributed by atoms with Gasteiger partial charge >= 0.3 is 6.09 Å². The van der Waals surface area contributed by atoms with Gasteiger partial charge in [0.15, 0.2) is 0 Å². The van der Waals surface area contributed by atoms with Crippen LogP contribution in [0.5, 0.6) is 5.75 Å². The smallest absolute Gasteiger partial charge is 0.404 e. The normalized spacial score (nSPS) is 19.4. The van der Waals surface area contributed by atoms with Gasteiger partial charge in [0.25, 0.3) is 0 Å². The number of para-hydroxylation sites is 1. The van der Waals surface area contributed by atoms with Crippen LogP contribution in [0, 0.1) is 0 Å². The molecule has 1 unspecified atom stereocenters. The molecule has 0 saturated carbocycles. The van der Waals surface area contributed by atoms with Crippen molar-refractivity contribution in [2.45, 2.75) is 12.5 Å². The maximum atomic E-state index is 10.8. The van der Waals surface area contributed by atoms with E-state index in [0.717, 1.165) is 22.4 Å². The number of hydrogen-bond donors (Lipinski definition) is 2. The summed E-state index contributed by atoms with van der Waals surface area (Å²) >= 11 is 0. The fourth-order valence-corrected chi connectivity index (χ4v) is 2.63. The Morgan fingerprint density at radius 2 is 1.80 bits per heavy atom. The number of carboxylic acid groups (broad SMARTS) is 1. The molecule has 2 N–H and O–H groups in total. The SMILES string of the molecule is CC1(CNC(=O)O)Oc2ccccc2-c2ccccc21. The Kier molecular flexibility index (Phi) is 2.86. The second-order valence-corrected chi connectivity index (χ2v) is 5.03. The molecule has 1 aliphatic heterocycles. The lowest BCUT2D eigenvalue weighted by molar-refractivity contribution is 0.0817. The Morgan fingerprint density at radius 3 is 2.55 bits per heavy atom. The minimum atomic E-state index is -1.05. The first-order chi connectivity index (χ1) is 9.60. The first kappa shape index (κ1) is 12.5. The van der Waals surface area contributed by atoms with Crippen LogP contribution in [0.1, 0.15) is 12.5 Å². The Labute approximate surface area is 117 Å². The van der Waals surface area contributed by atoms with Crippen LogP contribution in [0.4, 0.5) is 4.79 Å². The number of rotatable bonds is 2. The molecule has 0 radical (unpaired) electrons. The van der Waals surface area contributed by atoms with Crippen LogP contribution in [-0.4, -0.2) is 17.7 Å². The Hall–Kier alpha value is -2.49. The number of amides is 1. The van der Waals surface area contributed by atoms with E-state index in [4.69, 9.17) is 9.84 Å². The van der Waals surface area contributed by atoms with Gasteiger partial charge in [-0.3, -0.25) is 0 Å². The maximum Gasteiger partial charge on any atom is 0.404 e. The average Bonchev–Trinajstić information content (AvgIpc) is 2.46. The van der Waals surface area contributed by atoms with Gasteiger partial charge in [-0.15, -0.1) is 0 Å². The van der Waals surface area contributed by atoms with Gasteiger partial charge in [-0.25, -0.2) is 4.79 Å². The molecule has 102 valence electrons. The van der Waals surface area contributed by atoms with Gasteiger partial charge in [-0.05, 0) is 18.6 Å². The third-order valence-corrected chi connectivity index (χ3v) is 3.59. The Morgan fingerprint density at radius 1 is 1.15 bits per heavy atom. The summed E-state index contributed by atoms with van der Waals surface area (Å²) in [4.78, 5) is 10.8. The molecule has 0 aromatic heterocycles. The summed E-state index contributed by atoms with van der Waals surface area (Å²) in [5, 5.41) is 11.3. The van der Waals surface area contributed by atoms with Crippen molar-refractivity contribution in [1.82, 2.24) is 5.32 Å². The number of benzene rings is 2. The fourth-order valence-electron chi connectivity index (χ4n) is 2.63. The van der Waals surface area contributed by atoms with Crippen LogP contribution >= 0.6 is 0 Å². The van der Waals surface area contributed by atoms with Gasteiger partial charge in [-0.1, -0.05) is 42.5 Å². The van der Waals surface area contributed by atoms with E-state index in [-0.39, 0.29) is 6.54 Å². The Balaban J connectivity index is 2.10. The van der Waals surface area contributed by atoms with Gasteiger partial charge in [0.05, 0.1) is 6.54 Å². The van der Waals surface area contributed by atoms with Crippen molar-refractivity contribution >= 4 is 6.09 Å². The van der Waals surface area contributed by atoms with Crippen molar-refractivity contribution in [3.05, 3.63) is 54.1 Å². The molecule has 2 aromatic carbocycles. The van der Waals surface area contributed by atoms with Crippen molar-refractivity contribution in [2.75, 3.05) is 6.54 Å². The third-order valence-electron chi connectivity index (χ3n) is 3.59. The van der Waals surface area contributed by atoms with E-state index >= 15 is 0 Å². The lowest BCUT2D eigenvalue weighted by atomic mass is 9.85. The van der Waals surface area contributed by atoms with Crippen molar-refractivity contribution in [3.63, 3.8) is 0 Å². The molecular formula is C16H15NO3. The Bertz CT molecular complexity index is 668. The molecule has 1 aliphatic rings. The lowest BCUT2D eigenvalue weighted by Crippen LogP contribution is -2.44. The van der Waals surface area contributed by atoms with Crippen LogP contribution in [0.2, 0.25) is 0 Å². The van der Waals surface area contributed by atoms with E-state index in [0.29, 0.717) is 0 Å². The highest BCUT2D eigenvalue weighted by atomic mass is 16.5. The molecular weight excluding hydrogens is 254 g/mol. The zero-order valence-electron chi connectivity index (χ0n) is 11.1. The minimum absolute atomic E-state index is 0.202. The number of nitrogens with one attached hydrogen (secondary N) is 1. The highest BCUT2D eigenvalue weighted by Crippen LogP contribution is 2.44. The molecule has 2 aromatic rings. The summed E-state index contributed by atoms with van der Waals surface area (Å²) in [6, 6.07) is 15.7. The molecule has 0 fully saturated rings. The molecule has 1 heterocycles. The van der Waals surface area contributed by atoms with Crippen LogP contribution in [0.25, 0.3) is 11.1 Å². The predicted molar refractivity (Wildman–Crippen MR) is 75.9 cm³/mol. The van der Waals surface area contributed by atoms with E-state index in [1.807, 2.05) is 55.5 Å². The van der Waals surface area contributed by atoms with Gasteiger partial charge in [0, 0.05) is 11.1 Å². The van der Waals surface area contributed by atoms with E-state index in [1.165, 1.54) is 0 Å². The monoisotopic (exact) mass is 269 g/mol. The molecule has 4 nitrogen and oxygen atoms in total. The number of ether oxygens (including phenoxy) is 1. The third kappa shape index (κ3) is 1.99. The number of fused-ring (bicyclic) bond motifs is 3. The fraction of sp³-hybridized carbons (Fsp3) is 0.188. The zero-order valence-corrected chi connectivity index (χ0v) is 11.1. The van der Waals surface area contributed by atoms with Crippen molar-refractivity contribution in [1.29, 1.82) is 0 Å². The molecule has 0 aliphatic carbocycles. The zero-order chi connectivity index (χ0) is 14.2. The average molecular weight is 269 g/mol. The van der Waals surface area contributed by atoms with E-state index in [1.54, 1.807) is 0 Å². The van der Waals surface area contributed by atoms with Gasteiger partial charge < -0.3 is 15.2 Å². The number of carbonyl (C=O) groups is 1.